The van der Waals surface area contributed by atoms with Crippen LogP contribution in [0.3, 0.4) is 0 Å². The lowest BCUT2D eigenvalue weighted by atomic mass is 9.90. The summed E-state index contributed by atoms with van der Waals surface area (Å²) >= 11 is 0. The van der Waals surface area contributed by atoms with Crippen LogP contribution in [-0.4, -0.2) is 20.9 Å². The molecule has 6 nitrogen and oxygen atoms in total. The second-order valence-electron chi connectivity index (χ2n) is 7.83. The van der Waals surface area contributed by atoms with Gasteiger partial charge in [-0.05, 0) is 66.6 Å². The molecule has 1 amide bonds. The molecule has 0 atom stereocenters. The Labute approximate surface area is 205 Å². The molecule has 4 aromatic carbocycles. The summed E-state index contributed by atoms with van der Waals surface area (Å²) < 4.78 is 33.5. The zero-order valence-corrected chi connectivity index (χ0v) is 20.0. The van der Waals surface area contributed by atoms with Crippen LogP contribution in [0.15, 0.2) is 114 Å². The van der Waals surface area contributed by atoms with Gasteiger partial charge in [0.05, 0.1) is 17.4 Å². The van der Waals surface area contributed by atoms with Gasteiger partial charge in [-0.15, -0.1) is 0 Å². The number of ether oxygens (including phenoxy) is 1. The Bertz CT molecular complexity index is 1320. The molecular formula is C28H26N2O4S. The SMILES string of the molecule is CCOc1ccc(NS(=O)(=O)c2ccc(NC(=O)C(c3ccccc3)c3ccccc3)cc2)cc1. The first-order valence-electron chi connectivity index (χ1n) is 11.2. The highest BCUT2D eigenvalue weighted by atomic mass is 32.2. The minimum Gasteiger partial charge on any atom is -0.494 e. The molecule has 7 heteroatoms. The van der Waals surface area contributed by atoms with Gasteiger partial charge < -0.3 is 10.1 Å². The summed E-state index contributed by atoms with van der Waals surface area (Å²) in [5, 5.41) is 2.92. The Hall–Kier alpha value is -4.10. The molecule has 0 bridgehead atoms. The number of nitrogens with one attached hydrogen (secondary N) is 2. The Morgan fingerprint density at radius 3 is 1.77 bits per heavy atom. The van der Waals surface area contributed by atoms with Gasteiger partial charge in [0.15, 0.2) is 0 Å². The van der Waals surface area contributed by atoms with Gasteiger partial charge in [-0.25, -0.2) is 8.42 Å². The molecule has 0 aliphatic rings. The first kappa shape index (κ1) is 24.0. The first-order chi connectivity index (χ1) is 17.0. The Balaban J connectivity index is 1.49. The van der Waals surface area contributed by atoms with Crippen LogP contribution < -0.4 is 14.8 Å². The van der Waals surface area contributed by atoms with Crippen molar-refractivity contribution >= 4 is 27.3 Å². The molecule has 35 heavy (non-hydrogen) atoms. The minimum atomic E-state index is -3.79. The standard InChI is InChI=1S/C28H26N2O4S/c1-2-34-25-17-13-24(14-18-25)30-35(32,33)26-19-15-23(16-20-26)29-28(31)27(21-9-5-3-6-10-21)22-11-7-4-8-12-22/h3-20,27,30H,2H2,1H3,(H,29,31). The number of hydrogen-bond acceptors (Lipinski definition) is 4. The van der Waals surface area contributed by atoms with Crippen LogP contribution in [0.2, 0.25) is 0 Å². The van der Waals surface area contributed by atoms with E-state index in [2.05, 4.69) is 10.0 Å². The van der Waals surface area contributed by atoms with Crippen LogP contribution in [0.4, 0.5) is 11.4 Å². The van der Waals surface area contributed by atoms with Gasteiger partial charge in [0, 0.05) is 11.4 Å². The third kappa shape index (κ3) is 6.07. The van der Waals surface area contributed by atoms with Gasteiger partial charge in [-0.2, -0.15) is 0 Å². The van der Waals surface area contributed by atoms with Crippen LogP contribution in [0.1, 0.15) is 24.0 Å². The maximum Gasteiger partial charge on any atom is 0.261 e. The fraction of sp³-hybridized carbons (Fsp3) is 0.107. The number of sulfonamides is 1. The molecule has 0 fully saturated rings. The van der Waals surface area contributed by atoms with Crippen molar-refractivity contribution in [2.45, 2.75) is 17.7 Å². The van der Waals surface area contributed by atoms with E-state index in [1.807, 2.05) is 67.6 Å². The van der Waals surface area contributed by atoms with Crippen molar-refractivity contribution in [3.63, 3.8) is 0 Å². The highest BCUT2D eigenvalue weighted by molar-refractivity contribution is 7.92. The Morgan fingerprint density at radius 2 is 1.26 bits per heavy atom. The molecule has 4 rings (SSSR count). The molecule has 0 aromatic heterocycles. The van der Waals surface area contributed by atoms with E-state index in [4.69, 9.17) is 4.74 Å². The second-order valence-corrected chi connectivity index (χ2v) is 9.51. The van der Waals surface area contributed by atoms with Crippen LogP contribution in [0.5, 0.6) is 5.75 Å². The van der Waals surface area contributed by atoms with E-state index in [9.17, 15) is 13.2 Å². The van der Waals surface area contributed by atoms with Crippen molar-refractivity contribution in [3.8, 4) is 5.75 Å². The molecule has 0 saturated carbocycles. The molecule has 0 aliphatic carbocycles. The fourth-order valence-electron chi connectivity index (χ4n) is 3.72. The van der Waals surface area contributed by atoms with Gasteiger partial charge in [-0.1, -0.05) is 60.7 Å². The highest BCUT2D eigenvalue weighted by Crippen LogP contribution is 2.27. The van der Waals surface area contributed by atoms with Crippen molar-refractivity contribution in [3.05, 3.63) is 120 Å². The smallest absolute Gasteiger partial charge is 0.261 e. The van der Waals surface area contributed by atoms with Crippen LogP contribution >= 0.6 is 0 Å². The molecule has 4 aromatic rings. The van der Waals surface area contributed by atoms with Gasteiger partial charge in [-0.3, -0.25) is 9.52 Å². The summed E-state index contributed by atoms with van der Waals surface area (Å²) in [5.41, 5.74) is 2.68. The summed E-state index contributed by atoms with van der Waals surface area (Å²) in [6, 6.07) is 31.9. The summed E-state index contributed by atoms with van der Waals surface area (Å²) in [6.45, 7) is 2.41. The number of hydrogen-bond donors (Lipinski definition) is 2. The van der Waals surface area contributed by atoms with E-state index in [1.165, 1.54) is 12.1 Å². The van der Waals surface area contributed by atoms with Gasteiger partial charge in [0.1, 0.15) is 5.75 Å². The summed E-state index contributed by atoms with van der Waals surface area (Å²) in [5.74, 6) is -0.0347. The summed E-state index contributed by atoms with van der Waals surface area (Å²) in [4.78, 5) is 13.3. The number of anilines is 2. The van der Waals surface area contributed by atoms with E-state index in [0.29, 0.717) is 23.7 Å². The highest BCUT2D eigenvalue weighted by Gasteiger charge is 2.23. The molecule has 178 valence electrons. The average molecular weight is 487 g/mol. The molecule has 0 unspecified atom stereocenters. The normalized spacial score (nSPS) is 11.1. The number of rotatable bonds is 9. The van der Waals surface area contributed by atoms with Crippen LogP contribution in [-0.2, 0) is 14.8 Å². The van der Waals surface area contributed by atoms with Crippen LogP contribution in [0, 0.1) is 0 Å². The van der Waals surface area contributed by atoms with E-state index in [0.717, 1.165) is 11.1 Å². The zero-order chi connectivity index (χ0) is 24.7. The molecule has 0 aliphatic heterocycles. The maximum absolute atomic E-state index is 13.3. The van der Waals surface area contributed by atoms with E-state index < -0.39 is 15.9 Å². The van der Waals surface area contributed by atoms with E-state index in [1.54, 1.807) is 36.4 Å². The third-order valence-corrected chi connectivity index (χ3v) is 6.77. The number of benzene rings is 4. The Morgan fingerprint density at radius 1 is 0.743 bits per heavy atom. The van der Waals surface area contributed by atoms with Gasteiger partial charge in [0.2, 0.25) is 5.91 Å². The molecular weight excluding hydrogens is 460 g/mol. The van der Waals surface area contributed by atoms with E-state index in [-0.39, 0.29) is 10.8 Å². The van der Waals surface area contributed by atoms with E-state index >= 15 is 0 Å². The predicted octanol–water partition coefficient (Wildman–Crippen LogP) is 5.66. The fourth-order valence-corrected chi connectivity index (χ4v) is 4.78. The minimum absolute atomic E-state index is 0.0899. The largest absolute Gasteiger partial charge is 0.494 e. The van der Waals surface area contributed by atoms with Crippen molar-refractivity contribution in [1.29, 1.82) is 0 Å². The van der Waals surface area contributed by atoms with Crippen molar-refractivity contribution in [2.24, 2.45) is 0 Å². The summed E-state index contributed by atoms with van der Waals surface area (Å²) in [7, 11) is -3.79. The molecule has 2 N–H and O–H groups in total. The quantitative estimate of drug-likeness (QED) is 0.320. The predicted molar refractivity (Wildman–Crippen MR) is 138 cm³/mol. The van der Waals surface area contributed by atoms with Gasteiger partial charge >= 0.3 is 0 Å². The monoisotopic (exact) mass is 486 g/mol. The molecule has 0 radical (unpaired) electrons. The topological polar surface area (TPSA) is 84.5 Å². The Kier molecular flexibility index (Phi) is 7.48. The van der Waals surface area contributed by atoms with Gasteiger partial charge in [0.25, 0.3) is 10.0 Å². The zero-order valence-electron chi connectivity index (χ0n) is 19.2. The lowest BCUT2D eigenvalue weighted by Crippen LogP contribution is -2.22. The maximum atomic E-state index is 13.3. The number of carbonyl (C=O) groups excluding carboxylic acids is 1. The molecule has 0 saturated heterocycles. The number of amides is 1. The first-order valence-corrected chi connectivity index (χ1v) is 12.7. The lowest BCUT2D eigenvalue weighted by molar-refractivity contribution is -0.116. The molecule has 0 heterocycles. The van der Waals surface area contributed by atoms with Crippen molar-refractivity contribution < 1.29 is 17.9 Å². The van der Waals surface area contributed by atoms with Crippen molar-refractivity contribution in [1.82, 2.24) is 0 Å². The lowest BCUT2D eigenvalue weighted by Gasteiger charge is -2.18. The van der Waals surface area contributed by atoms with Crippen LogP contribution in [0.25, 0.3) is 0 Å². The number of carbonyl (C=O) groups is 1. The second kappa shape index (κ2) is 10.9. The average Bonchev–Trinajstić information content (AvgIpc) is 2.87. The third-order valence-electron chi connectivity index (χ3n) is 5.38. The van der Waals surface area contributed by atoms with Crippen molar-refractivity contribution in [2.75, 3.05) is 16.6 Å². The summed E-state index contributed by atoms with van der Waals surface area (Å²) in [6.07, 6.45) is 0. The molecule has 0 spiro atoms.